The molecule has 5 heteroatoms. The van der Waals surface area contributed by atoms with E-state index in [1.165, 1.54) is 0 Å². The molecule has 0 bridgehead atoms. The summed E-state index contributed by atoms with van der Waals surface area (Å²) in [6.07, 6.45) is 2.18. The first-order chi connectivity index (χ1) is 9.56. The summed E-state index contributed by atoms with van der Waals surface area (Å²) >= 11 is 0. The Bertz CT molecular complexity index is 661. The molecule has 1 aromatic carbocycles. The van der Waals surface area contributed by atoms with Gasteiger partial charge in [0.2, 0.25) is 5.91 Å². The summed E-state index contributed by atoms with van der Waals surface area (Å²) < 4.78 is 1.82. The van der Waals surface area contributed by atoms with Crippen molar-refractivity contribution >= 4 is 11.7 Å². The number of carbonyl (C=O) groups is 1. The van der Waals surface area contributed by atoms with Crippen molar-refractivity contribution in [2.45, 2.75) is 32.2 Å². The SMILES string of the molecule is CC(C)n1ncc2c1NC(=O)C[C@H]2c1cccc(O)c1. The molecule has 0 saturated heterocycles. The predicted molar refractivity (Wildman–Crippen MR) is 75.8 cm³/mol. The Kier molecular flexibility index (Phi) is 2.97. The number of aromatic nitrogens is 2. The lowest BCUT2D eigenvalue weighted by molar-refractivity contribution is -0.116. The van der Waals surface area contributed by atoms with Gasteiger partial charge in [0.25, 0.3) is 0 Å². The number of fused-ring (bicyclic) bond motifs is 1. The molecule has 104 valence electrons. The molecule has 5 nitrogen and oxygen atoms in total. The Morgan fingerprint density at radius 3 is 2.95 bits per heavy atom. The van der Waals surface area contributed by atoms with Gasteiger partial charge >= 0.3 is 0 Å². The molecule has 0 unspecified atom stereocenters. The summed E-state index contributed by atoms with van der Waals surface area (Å²) in [5.74, 6) is 0.905. The predicted octanol–water partition coefficient (Wildman–Crippen LogP) is 2.64. The fourth-order valence-corrected chi connectivity index (χ4v) is 2.67. The fraction of sp³-hybridized carbons (Fsp3) is 0.333. The average Bonchev–Trinajstić information content (AvgIpc) is 2.81. The first-order valence-electron chi connectivity index (χ1n) is 6.72. The van der Waals surface area contributed by atoms with Crippen LogP contribution in [-0.2, 0) is 4.79 Å². The number of amides is 1. The van der Waals surface area contributed by atoms with Crippen LogP contribution in [0, 0.1) is 0 Å². The molecule has 0 spiro atoms. The molecule has 0 fully saturated rings. The Morgan fingerprint density at radius 2 is 2.25 bits per heavy atom. The normalized spacial score (nSPS) is 17.9. The molecule has 1 amide bonds. The molecule has 20 heavy (non-hydrogen) atoms. The summed E-state index contributed by atoms with van der Waals surface area (Å²) in [5.41, 5.74) is 1.94. The van der Waals surface area contributed by atoms with E-state index in [2.05, 4.69) is 10.4 Å². The first kappa shape index (κ1) is 12.7. The quantitative estimate of drug-likeness (QED) is 0.882. The van der Waals surface area contributed by atoms with Crippen LogP contribution in [0.5, 0.6) is 5.75 Å². The Balaban J connectivity index is 2.09. The maximum absolute atomic E-state index is 12.0. The maximum atomic E-state index is 12.0. The van der Waals surface area contributed by atoms with Crippen molar-refractivity contribution in [3.63, 3.8) is 0 Å². The minimum absolute atomic E-state index is 0.0201. The van der Waals surface area contributed by atoms with Crippen molar-refractivity contribution in [2.24, 2.45) is 0 Å². The molecular weight excluding hydrogens is 254 g/mol. The van der Waals surface area contributed by atoms with Crippen molar-refractivity contribution < 1.29 is 9.90 Å². The molecule has 1 aliphatic heterocycles. The van der Waals surface area contributed by atoms with Crippen LogP contribution in [0.3, 0.4) is 0 Å². The highest BCUT2D eigenvalue weighted by molar-refractivity contribution is 5.94. The number of benzene rings is 1. The number of rotatable bonds is 2. The second-order valence-electron chi connectivity index (χ2n) is 5.39. The molecule has 2 aromatic rings. The van der Waals surface area contributed by atoms with E-state index in [9.17, 15) is 9.90 Å². The third kappa shape index (κ3) is 2.05. The van der Waals surface area contributed by atoms with Crippen LogP contribution in [0.2, 0.25) is 0 Å². The lowest BCUT2D eigenvalue weighted by Crippen LogP contribution is -2.25. The number of hydrogen-bond acceptors (Lipinski definition) is 3. The third-order valence-corrected chi connectivity index (χ3v) is 3.61. The summed E-state index contributed by atoms with van der Waals surface area (Å²) in [5, 5.41) is 16.9. The van der Waals surface area contributed by atoms with E-state index in [0.717, 1.165) is 16.9 Å². The third-order valence-electron chi connectivity index (χ3n) is 3.61. The summed E-state index contributed by atoms with van der Waals surface area (Å²) in [4.78, 5) is 12.0. The minimum atomic E-state index is -0.0571. The zero-order chi connectivity index (χ0) is 14.3. The first-order valence-corrected chi connectivity index (χ1v) is 6.72. The van der Waals surface area contributed by atoms with Gasteiger partial charge in [0.1, 0.15) is 11.6 Å². The van der Waals surface area contributed by atoms with Gasteiger partial charge in [0.05, 0.1) is 6.20 Å². The summed E-state index contributed by atoms with van der Waals surface area (Å²) in [6.45, 7) is 4.05. The Hall–Kier alpha value is -2.30. The number of phenolic OH excluding ortho intramolecular Hbond substituents is 1. The molecular formula is C15H17N3O2. The Morgan fingerprint density at radius 1 is 1.45 bits per heavy atom. The van der Waals surface area contributed by atoms with Crippen LogP contribution >= 0.6 is 0 Å². The van der Waals surface area contributed by atoms with Crippen molar-refractivity contribution in [1.82, 2.24) is 9.78 Å². The zero-order valence-corrected chi connectivity index (χ0v) is 11.5. The van der Waals surface area contributed by atoms with E-state index < -0.39 is 0 Å². The van der Waals surface area contributed by atoms with Gasteiger partial charge in [-0.15, -0.1) is 0 Å². The van der Waals surface area contributed by atoms with Crippen LogP contribution < -0.4 is 5.32 Å². The maximum Gasteiger partial charge on any atom is 0.226 e. The van der Waals surface area contributed by atoms with Crippen molar-refractivity contribution in [1.29, 1.82) is 0 Å². The van der Waals surface area contributed by atoms with Crippen LogP contribution in [0.1, 0.15) is 43.4 Å². The Labute approximate surface area is 117 Å². The lowest BCUT2D eigenvalue weighted by atomic mass is 9.87. The second kappa shape index (κ2) is 4.67. The highest BCUT2D eigenvalue weighted by Gasteiger charge is 2.30. The van der Waals surface area contributed by atoms with Crippen LogP contribution in [-0.4, -0.2) is 20.8 Å². The van der Waals surface area contributed by atoms with E-state index in [1.54, 1.807) is 18.2 Å². The summed E-state index contributed by atoms with van der Waals surface area (Å²) in [6, 6.07) is 7.25. The van der Waals surface area contributed by atoms with Gasteiger partial charge < -0.3 is 10.4 Å². The largest absolute Gasteiger partial charge is 0.508 e. The van der Waals surface area contributed by atoms with Gasteiger partial charge in [-0.1, -0.05) is 12.1 Å². The zero-order valence-electron chi connectivity index (χ0n) is 11.5. The molecule has 2 N–H and O–H groups in total. The van der Waals surface area contributed by atoms with Gasteiger partial charge in [-0.2, -0.15) is 5.10 Å². The number of nitrogens with one attached hydrogen (secondary N) is 1. The van der Waals surface area contributed by atoms with Crippen molar-refractivity contribution in [3.05, 3.63) is 41.6 Å². The molecule has 2 heterocycles. The monoisotopic (exact) mass is 271 g/mol. The molecule has 0 aliphatic carbocycles. The number of carbonyl (C=O) groups excluding carboxylic acids is 1. The fourth-order valence-electron chi connectivity index (χ4n) is 2.67. The number of phenols is 1. The molecule has 0 radical (unpaired) electrons. The standard InChI is InChI=1S/C15H17N3O2/c1-9(2)18-15-13(8-16-18)12(7-14(20)17-15)10-4-3-5-11(19)6-10/h3-6,8-9,12,19H,7H2,1-2H3,(H,17,20)/t12-/m0/s1. The van der Waals surface area contributed by atoms with Gasteiger partial charge in [0.15, 0.2) is 0 Å². The van der Waals surface area contributed by atoms with E-state index >= 15 is 0 Å². The van der Waals surface area contributed by atoms with Crippen LogP contribution in [0.15, 0.2) is 30.5 Å². The van der Waals surface area contributed by atoms with Gasteiger partial charge in [-0.05, 0) is 31.5 Å². The van der Waals surface area contributed by atoms with Gasteiger partial charge in [0, 0.05) is 23.9 Å². The number of hydrogen-bond donors (Lipinski definition) is 2. The van der Waals surface area contributed by atoms with E-state index in [0.29, 0.717) is 6.42 Å². The lowest BCUT2D eigenvalue weighted by Gasteiger charge is -2.24. The average molecular weight is 271 g/mol. The molecule has 1 atom stereocenters. The number of anilines is 1. The molecule has 3 rings (SSSR count). The van der Waals surface area contributed by atoms with Gasteiger partial charge in [-0.3, -0.25) is 4.79 Å². The molecule has 1 aliphatic rings. The highest BCUT2D eigenvalue weighted by atomic mass is 16.3. The smallest absolute Gasteiger partial charge is 0.226 e. The van der Waals surface area contributed by atoms with Crippen LogP contribution in [0.4, 0.5) is 5.82 Å². The van der Waals surface area contributed by atoms with E-state index in [4.69, 9.17) is 0 Å². The molecule has 0 saturated carbocycles. The summed E-state index contributed by atoms with van der Waals surface area (Å²) in [7, 11) is 0. The van der Waals surface area contributed by atoms with Gasteiger partial charge in [-0.25, -0.2) is 4.68 Å². The van der Waals surface area contributed by atoms with E-state index in [-0.39, 0.29) is 23.6 Å². The highest BCUT2D eigenvalue weighted by Crippen LogP contribution is 2.38. The van der Waals surface area contributed by atoms with Crippen molar-refractivity contribution in [3.8, 4) is 5.75 Å². The van der Waals surface area contributed by atoms with Crippen LogP contribution in [0.25, 0.3) is 0 Å². The second-order valence-corrected chi connectivity index (χ2v) is 5.39. The van der Waals surface area contributed by atoms with Crippen molar-refractivity contribution in [2.75, 3.05) is 5.32 Å². The molecule has 1 aromatic heterocycles. The number of nitrogens with zero attached hydrogens (tertiary/aromatic N) is 2. The topological polar surface area (TPSA) is 67.2 Å². The van der Waals surface area contributed by atoms with E-state index in [1.807, 2.05) is 30.8 Å². The minimum Gasteiger partial charge on any atom is -0.508 e. The number of aromatic hydroxyl groups is 1.